The molecule has 0 aliphatic rings. The zero-order valence-corrected chi connectivity index (χ0v) is 12.1. The summed E-state index contributed by atoms with van der Waals surface area (Å²) in [4.78, 5) is 6.46. The summed E-state index contributed by atoms with van der Waals surface area (Å²) < 4.78 is 0. The molecule has 19 heavy (non-hydrogen) atoms. The van der Waals surface area contributed by atoms with Crippen molar-refractivity contribution < 1.29 is 0 Å². The average molecular weight is 260 g/mol. The average Bonchev–Trinajstić information content (AvgIpc) is 2.33. The van der Waals surface area contributed by atoms with Crippen LogP contribution in [0, 0.1) is 0 Å². The maximum Gasteiger partial charge on any atom is 0.189 e. The zero-order chi connectivity index (χ0) is 14.3. The van der Waals surface area contributed by atoms with Crippen LogP contribution < -0.4 is 11.1 Å². The second-order valence-electron chi connectivity index (χ2n) is 5.07. The van der Waals surface area contributed by atoms with Gasteiger partial charge in [-0.25, -0.2) is 4.99 Å². The molecule has 104 valence electrons. The predicted molar refractivity (Wildman–Crippen MR) is 82.0 cm³/mol. The van der Waals surface area contributed by atoms with Crippen molar-refractivity contribution in [3.05, 3.63) is 47.5 Å². The molecule has 0 fully saturated rings. The summed E-state index contributed by atoms with van der Waals surface area (Å²) >= 11 is 0. The van der Waals surface area contributed by atoms with Crippen LogP contribution in [0.5, 0.6) is 0 Å². The highest BCUT2D eigenvalue weighted by Gasteiger charge is 1.98. The van der Waals surface area contributed by atoms with Gasteiger partial charge in [0.1, 0.15) is 0 Å². The van der Waals surface area contributed by atoms with Gasteiger partial charge in [0.05, 0.1) is 6.54 Å². The minimum Gasteiger partial charge on any atom is -0.370 e. The van der Waals surface area contributed by atoms with E-state index in [2.05, 4.69) is 60.1 Å². The van der Waals surface area contributed by atoms with Gasteiger partial charge in [-0.3, -0.25) is 0 Å². The first-order valence-electron chi connectivity index (χ1n) is 6.38. The maximum atomic E-state index is 5.78. The van der Waals surface area contributed by atoms with Crippen LogP contribution in [0.2, 0.25) is 0 Å². The lowest BCUT2D eigenvalue weighted by Gasteiger charge is -2.10. The number of hydrogen-bond acceptors (Lipinski definition) is 2. The number of hydrogen-bond donors (Lipinski definition) is 2. The van der Waals surface area contributed by atoms with Gasteiger partial charge in [0.25, 0.3) is 0 Å². The van der Waals surface area contributed by atoms with E-state index in [1.807, 2.05) is 6.92 Å². The fraction of sp³-hybridized carbons (Fsp3) is 0.400. The van der Waals surface area contributed by atoms with Gasteiger partial charge >= 0.3 is 0 Å². The molecule has 0 saturated carbocycles. The molecule has 0 heterocycles. The number of nitrogens with one attached hydrogen (secondary N) is 1. The summed E-state index contributed by atoms with van der Waals surface area (Å²) in [5.41, 5.74) is 9.26. The molecule has 0 saturated heterocycles. The van der Waals surface area contributed by atoms with Crippen LogP contribution in [-0.4, -0.2) is 31.5 Å². The van der Waals surface area contributed by atoms with Gasteiger partial charge in [0.15, 0.2) is 5.96 Å². The molecule has 4 nitrogen and oxygen atoms in total. The molecular weight excluding hydrogens is 236 g/mol. The lowest BCUT2D eigenvalue weighted by molar-refractivity contribution is 0.402. The Kier molecular flexibility index (Phi) is 6.09. The van der Waals surface area contributed by atoms with Gasteiger partial charge in [0, 0.05) is 13.1 Å². The highest BCUT2D eigenvalue weighted by molar-refractivity contribution is 5.78. The summed E-state index contributed by atoms with van der Waals surface area (Å²) in [6, 6.07) is 8.40. The standard InChI is InChI=1S/C15H24N4/c1-12(2)9-17-15(16)18-10-13-6-5-7-14(8-13)11-19(3)4/h5-8H,1,9-11H2,2-4H3,(H3,16,17,18). The molecule has 4 heteroatoms. The topological polar surface area (TPSA) is 53.6 Å². The van der Waals surface area contributed by atoms with E-state index >= 15 is 0 Å². The van der Waals surface area contributed by atoms with Crippen LogP contribution in [0.1, 0.15) is 18.1 Å². The minimum absolute atomic E-state index is 0.459. The monoisotopic (exact) mass is 260 g/mol. The van der Waals surface area contributed by atoms with Crippen molar-refractivity contribution in [2.45, 2.75) is 20.0 Å². The third kappa shape index (κ3) is 6.62. The van der Waals surface area contributed by atoms with E-state index in [0.29, 0.717) is 19.0 Å². The first-order chi connectivity index (χ1) is 8.97. The Morgan fingerprint density at radius 2 is 2.05 bits per heavy atom. The van der Waals surface area contributed by atoms with Crippen molar-refractivity contribution in [1.29, 1.82) is 0 Å². The summed E-state index contributed by atoms with van der Waals surface area (Å²) in [6.07, 6.45) is 0. The molecule has 0 aromatic heterocycles. The molecule has 0 radical (unpaired) electrons. The second-order valence-corrected chi connectivity index (χ2v) is 5.07. The molecule has 1 rings (SSSR count). The SMILES string of the molecule is C=C(C)CNC(N)=NCc1cccc(CN(C)C)c1. The lowest BCUT2D eigenvalue weighted by Crippen LogP contribution is -2.32. The van der Waals surface area contributed by atoms with Crippen molar-refractivity contribution in [2.24, 2.45) is 10.7 Å². The van der Waals surface area contributed by atoms with Crippen LogP contribution in [0.3, 0.4) is 0 Å². The van der Waals surface area contributed by atoms with E-state index in [1.54, 1.807) is 0 Å². The molecule has 0 unspecified atom stereocenters. The van der Waals surface area contributed by atoms with Gasteiger partial charge in [-0.2, -0.15) is 0 Å². The summed E-state index contributed by atoms with van der Waals surface area (Å²) in [5, 5.41) is 3.02. The van der Waals surface area contributed by atoms with E-state index in [0.717, 1.165) is 12.1 Å². The van der Waals surface area contributed by atoms with Crippen LogP contribution in [0.15, 0.2) is 41.4 Å². The van der Waals surface area contributed by atoms with Crippen molar-refractivity contribution >= 4 is 5.96 Å². The molecule has 3 N–H and O–H groups in total. The van der Waals surface area contributed by atoms with Gasteiger partial charge in [-0.05, 0) is 32.1 Å². The number of rotatable bonds is 6. The van der Waals surface area contributed by atoms with Crippen LogP contribution in [0.4, 0.5) is 0 Å². The Morgan fingerprint density at radius 3 is 2.68 bits per heavy atom. The van der Waals surface area contributed by atoms with Crippen molar-refractivity contribution in [2.75, 3.05) is 20.6 Å². The molecule has 0 spiro atoms. The number of nitrogens with two attached hydrogens (primary N) is 1. The molecular formula is C15H24N4. The summed E-state index contributed by atoms with van der Waals surface area (Å²) in [5.74, 6) is 0.459. The quantitative estimate of drug-likeness (QED) is 0.465. The second kappa shape index (κ2) is 7.59. The Bertz CT molecular complexity index is 449. The molecule has 0 aliphatic heterocycles. The number of nitrogens with zero attached hydrogens (tertiary/aromatic N) is 2. The lowest BCUT2D eigenvalue weighted by atomic mass is 10.1. The predicted octanol–water partition coefficient (Wildman–Crippen LogP) is 1.73. The van der Waals surface area contributed by atoms with E-state index in [9.17, 15) is 0 Å². The zero-order valence-electron chi connectivity index (χ0n) is 12.1. The van der Waals surface area contributed by atoms with Gasteiger partial charge in [-0.1, -0.05) is 36.4 Å². The molecule has 0 bridgehead atoms. The molecule has 1 aromatic carbocycles. The first kappa shape index (κ1) is 15.2. The Balaban J connectivity index is 2.56. The van der Waals surface area contributed by atoms with Crippen molar-refractivity contribution in [1.82, 2.24) is 10.2 Å². The molecule has 0 amide bonds. The van der Waals surface area contributed by atoms with Crippen LogP contribution in [0.25, 0.3) is 0 Å². The first-order valence-corrected chi connectivity index (χ1v) is 6.38. The minimum atomic E-state index is 0.459. The number of aliphatic imine (C=N–C) groups is 1. The van der Waals surface area contributed by atoms with Gasteiger partial charge in [0.2, 0.25) is 0 Å². The number of benzene rings is 1. The fourth-order valence-electron chi connectivity index (χ4n) is 1.67. The Morgan fingerprint density at radius 1 is 1.37 bits per heavy atom. The molecule has 1 aromatic rings. The third-order valence-electron chi connectivity index (χ3n) is 2.49. The van der Waals surface area contributed by atoms with E-state index < -0.39 is 0 Å². The van der Waals surface area contributed by atoms with Gasteiger partial charge in [-0.15, -0.1) is 0 Å². The largest absolute Gasteiger partial charge is 0.370 e. The summed E-state index contributed by atoms with van der Waals surface area (Å²) in [6.45, 7) is 7.94. The number of guanidine groups is 1. The smallest absolute Gasteiger partial charge is 0.189 e. The fourth-order valence-corrected chi connectivity index (χ4v) is 1.67. The van der Waals surface area contributed by atoms with Crippen LogP contribution in [-0.2, 0) is 13.1 Å². The third-order valence-corrected chi connectivity index (χ3v) is 2.49. The summed E-state index contributed by atoms with van der Waals surface area (Å²) in [7, 11) is 4.12. The maximum absolute atomic E-state index is 5.78. The van der Waals surface area contributed by atoms with Crippen molar-refractivity contribution in [3.63, 3.8) is 0 Å². The highest BCUT2D eigenvalue weighted by Crippen LogP contribution is 2.08. The molecule has 0 aliphatic carbocycles. The molecule has 0 atom stereocenters. The van der Waals surface area contributed by atoms with E-state index in [1.165, 1.54) is 11.1 Å². The van der Waals surface area contributed by atoms with E-state index in [4.69, 9.17) is 5.73 Å². The van der Waals surface area contributed by atoms with Crippen molar-refractivity contribution in [3.8, 4) is 0 Å². The van der Waals surface area contributed by atoms with E-state index in [-0.39, 0.29) is 0 Å². The normalized spacial score (nSPS) is 11.7. The highest BCUT2D eigenvalue weighted by atomic mass is 15.1. The van der Waals surface area contributed by atoms with Gasteiger partial charge < -0.3 is 16.0 Å². The Labute approximate surface area is 116 Å². The van der Waals surface area contributed by atoms with Crippen LogP contribution >= 0.6 is 0 Å². The Hall–Kier alpha value is -1.81.